The first-order valence-electron chi connectivity index (χ1n) is 3.63. The van der Waals surface area contributed by atoms with Gasteiger partial charge in [0.1, 0.15) is 6.54 Å². The fourth-order valence-corrected chi connectivity index (χ4v) is 0.974. The highest BCUT2D eigenvalue weighted by Gasteiger charge is 2.28. The minimum absolute atomic E-state index is 0.312. The van der Waals surface area contributed by atoms with Crippen LogP contribution >= 0.6 is 0 Å². The molecule has 0 aliphatic rings. The highest BCUT2D eigenvalue weighted by molar-refractivity contribution is 5.07. The van der Waals surface area contributed by atoms with Crippen molar-refractivity contribution >= 4 is 0 Å². The van der Waals surface area contributed by atoms with Gasteiger partial charge in [-0.05, 0) is 13.0 Å². The Morgan fingerprint density at radius 2 is 2.08 bits per heavy atom. The molecule has 0 atom stereocenters. The monoisotopic (exact) mass is 191 g/mol. The molecule has 1 aromatic rings. The molecule has 13 heavy (non-hydrogen) atoms. The highest BCUT2D eigenvalue weighted by atomic mass is 19.4. The summed E-state index contributed by atoms with van der Waals surface area (Å²) in [6.07, 6.45) is -3.22. The summed E-state index contributed by atoms with van der Waals surface area (Å²) in [5.41, 5.74) is -0.286. The second-order valence-corrected chi connectivity index (χ2v) is 2.74. The van der Waals surface area contributed by atoms with Gasteiger partial charge in [0.15, 0.2) is 0 Å². The summed E-state index contributed by atoms with van der Waals surface area (Å²) < 4.78 is 36.3. The largest absolute Gasteiger partial charge is 0.406 e. The van der Waals surface area contributed by atoms with Gasteiger partial charge in [-0.3, -0.25) is 4.79 Å². The van der Waals surface area contributed by atoms with E-state index in [1.165, 1.54) is 19.1 Å². The lowest BCUT2D eigenvalue weighted by Crippen LogP contribution is -2.28. The Balaban J connectivity index is 3.03. The topological polar surface area (TPSA) is 22.0 Å². The molecular weight excluding hydrogens is 183 g/mol. The normalized spacial score (nSPS) is 11.7. The minimum Gasteiger partial charge on any atom is -0.306 e. The van der Waals surface area contributed by atoms with E-state index in [1.54, 1.807) is 0 Å². The first kappa shape index (κ1) is 9.83. The number of pyridine rings is 1. The third kappa shape index (κ3) is 2.61. The van der Waals surface area contributed by atoms with Crippen LogP contribution in [0.5, 0.6) is 0 Å². The molecule has 1 aromatic heterocycles. The number of aromatic nitrogens is 1. The molecule has 0 saturated carbocycles. The molecule has 2 nitrogen and oxygen atoms in total. The Hall–Kier alpha value is -1.26. The zero-order valence-corrected chi connectivity index (χ0v) is 6.93. The third-order valence-electron chi connectivity index (χ3n) is 1.56. The quantitative estimate of drug-likeness (QED) is 0.662. The Bertz CT molecular complexity index is 353. The van der Waals surface area contributed by atoms with Crippen molar-refractivity contribution in [3.05, 3.63) is 34.2 Å². The van der Waals surface area contributed by atoms with Crippen LogP contribution in [-0.4, -0.2) is 10.7 Å². The van der Waals surface area contributed by atoms with Gasteiger partial charge in [-0.15, -0.1) is 0 Å². The Kier molecular flexibility index (Phi) is 2.45. The number of aryl methyl sites for hydroxylation is 1. The van der Waals surface area contributed by atoms with Crippen molar-refractivity contribution in [2.45, 2.75) is 19.6 Å². The Labute approximate surface area is 72.6 Å². The second kappa shape index (κ2) is 3.24. The van der Waals surface area contributed by atoms with Crippen LogP contribution in [0.1, 0.15) is 5.56 Å². The van der Waals surface area contributed by atoms with E-state index in [2.05, 4.69) is 0 Å². The summed E-state index contributed by atoms with van der Waals surface area (Å²) >= 11 is 0. The SMILES string of the molecule is Cc1cccn(CC(F)(F)F)c1=O. The van der Waals surface area contributed by atoms with Crippen molar-refractivity contribution in [3.8, 4) is 0 Å². The predicted octanol–water partition coefficient (Wildman–Crippen LogP) is 1.72. The summed E-state index contributed by atoms with van der Waals surface area (Å²) in [7, 11) is 0. The Morgan fingerprint density at radius 1 is 1.46 bits per heavy atom. The highest BCUT2D eigenvalue weighted by Crippen LogP contribution is 2.16. The molecule has 0 bridgehead atoms. The average Bonchev–Trinajstić information content (AvgIpc) is 1.96. The summed E-state index contributed by atoms with van der Waals surface area (Å²) in [5, 5.41) is 0. The lowest BCUT2D eigenvalue weighted by Gasteiger charge is -2.08. The van der Waals surface area contributed by atoms with Crippen LogP contribution in [0.3, 0.4) is 0 Å². The summed E-state index contributed by atoms with van der Waals surface area (Å²) in [4.78, 5) is 11.1. The molecule has 0 N–H and O–H groups in total. The molecule has 0 spiro atoms. The third-order valence-corrected chi connectivity index (χ3v) is 1.56. The number of halogens is 3. The van der Waals surface area contributed by atoms with Gasteiger partial charge in [-0.1, -0.05) is 6.07 Å². The molecule has 0 fully saturated rings. The van der Waals surface area contributed by atoms with Gasteiger partial charge in [0, 0.05) is 11.8 Å². The van der Waals surface area contributed by atoms with Gasteiger partial charge in [-0.2, -0.15) is 13.2 Å². The average molecular weight is 191 g/mol. The fourth-order valence-electron chi connectivity index (χ4n) is 0.974. The molecule has 72 valence electrons. The van der Waals surface area contributed by atoms with Crippen LogP contribution in [-0.2, 0) is 6.54 Å². The molecule has 1 heterocycles. The van der Waals surface area contributed by atoms with Gasteiger partial charge < -0.3 is 4.57 Å². The van der Waals surface area contributed by atoms with Crippen LogP contribution in [0.25, 0.3) is 0 Å². The van der Waals surface area contributed by atoms with Crippen molar-refractivity contribution in [1.29, 1.82) is 0 Å². The van der Waals surface area contributed by atoms with Crippen molar-refractivity contribution < 1.29 is 13.2 Å². The zero-order chi connectivity index (χ0) is 10.1. The van der Waals surface area contributed by atoms with Crippen molar-refractivity contribution in [1.82, 2.24) is 4.57 Å². The number of hydrogen-bond donors (Lipinski definition) is 0. The van der Waals surface area contributed by atoms with Crippen LogP contribution in [0.4, 0.5) is 13.2 Å². The van der Waals surface area contributed by atoms with Gasteiger partial charge >= 0.3 is 6.18 Å². The molecule has 0 unspecified atom stereocenters. The molecular formula is C8H8F3NO. The lowest BCUT2D eigenvalue weighted by molar-refractivity contribution is -0.141. The van der Waals surface area contributed by atoms with E-state index in [9.17, 15) is 18.0 Å². The van der Waals surface area contributed by atoms with Gasteiger partial charge in [-0.25, -0.2) is 0 Å². The van der Waals surface area contributed by atoms with Crippen LogP contribution in [0.2, 0.25) is 0 Å². The van der Waals surface area contributed by atoms with E-state index in [1.807, 2.05) is 0 Å². The van der Waals surface area contributed by atoms with E-state index in [-0.39, 0.29) is 0 Å². The maximum Gasteiger partial charge on any atom is 0.406 e. The van der Waals surface area contributed by atoms with Crippen LogP contribution < -0.4 is 5.56 Å². The predicted molar refractivity (Wildman–Crippen MR) is 41.5 cm³/mol. The van der Waals surface area contributed by atoms with Crippen molar-refractivity contribution in [2.75, 3.05) is 0 Å². The van der Waals surface area contributed by atoms with E-state index in [4.69, 9.17) is 0 Å². The maximum atomic E-state index is 11.9. The van der Waals surface area contributed by atoms with Gasteiger partial charge in [0.2, 0.25) is 0 Å². The van der Waals surface area contributed by atoms with Crippen molar-refractivity contribution in [2.24, 2.45) is 0 Å². The first-order valence-corrected chi connectivity index (χ1v) is 3.63. The second-order valence-electron chi connectivity index (χ2n) is 2.74. The standard InChI is InChI=1S/C8H8F3NO/c1-6-3-2-4-12(7(6)13)5-8(9,10)11/h2-4H,5H2,1H3. The van der Waals surface area contributed by atoms with Gasteiger partial charge in [0.05, 0.1) is 0 Å². The van der Waals surface area contributed by atoms with E-state index >= 15 is 0 Å². The lowest BCUT2D eigenvalue weighted by atomic mass is 10.3. The molecule has 0 aliphatic carbocycles. The maximum absolute atomic E-state index is 11.9. The molecule has 0 saturated heterocycles. The minimum atomic E-state index is -4.35. The Morgan fingerprint density at radius 3 is 2.62 bits per heavy atom. The van der Waals surface area contributed by atoms with Crippen molar-refractivity contribution in [3.63, 3.8) is 0 Å². The van der Waals surface area contributed by atoms with E-state index < -0.39 is 18.3 Å². The van der Waals surface area contributed by atoms with E-state index in [0.717, 1.165) is 6.20 Å². The van der Waals surface area contributed by atoms with Crippen LogP contribution in [0.15, 0.2) is 23.1 Å². The zero-order valence-electron chi connectivity index (χ0n) is 6.93. The first-order chi connectivity index (χ1) is 5.90. The summed E-state index contributed by atoms with van der Waals surface area (Å²) in [6, 6.07) is 2.90. The smallest absolute Gasteiger partial charge is 0.306 e. The van der Waals surface area contributed by atoms with Crippen LogP contribution in [0, 0.1) is 6.92 Å². The number of alkyl halides is 3. The number of hydrogen-bond acceptors (Lipinski definition) is 1. The summed E-state index contributed by atoms with van der Waals surface area (Å²) in [5.74, 6) is 0. The number of rotatable bonds is 1. The van der Waals surface area contributed by atoms with E-state index in [0.29, 0.717) is 10.1 Å². The molecule has 5 heteroatoms. The van der Waals surface area contributed by atoms with Gasteiger partial charge in [0.25, 0.3) is 5.56 Å². The number of nitrogens with zero attached hydrogens (tertiary/aromatic N) is 1. The molecule has 0 aliphatic heterocycles. The summed E-state index contributed by atoms with van der Waals surface area (Å²) in [6.45, 7) is 0.253. The fraction of sp³-hybridized carbons (Fsp3) is 0.375. The molecule has 0 aromatic carbocycles. The molecule has 1 rings (SSSR count). The molecule has 0 radical (unpaired) electrons. The molecule has 0 amide bonds.